The standard InChI is InChI=1S/C26H33N5O2/c1-19(2)17-31-26(33)23-7-5-4-6-22(23)24(28-31)25(32)27-16-20-8-10-21(11-9-20)18-30-14-12-29(3)13-15-30/h4-11,19H,12-18H2,1-3H3,(H,27,32). The molecular formula is C26H33N5O2. The monoisotopic (exact) mass is 447 g/mol. The van der Waals surface area contributed by atoms with Crippen molar-refractivity contribution in [3.8, 4) is 0 Å². The minimum absolute atomic E-state index is 0.160. The van der Waals surface area contributed by atoms with Gasteiger partial charge in [0.2, 0.25) is 0 Å². The van der Waals surface area contributed by atoms with Gasteiger partial charge in [0.15, 0.2) is 5.69 Å². The summed E-state index contributed by atoms with van der Waals surface area (Å²) in [5, 5.41) is 8.51. The fourth-order valence-electron chi connectivity index (χ4n) is 4.17. The van der Waals surface area contributed by atoms with Crippen LogP contribution in [-0.4, -0.2) is 58.7 Å². The number of carbonyl (C=O) groups excluding carboxylic acids is 1. The highest BCUT2D eigenvalue weighted by atomic mass is 16.2. The van der Waals surface area contributed by atoms with Gasteiger partial charge in [-0.1, -0.05) is 56.3 Å². The molecule has 1 saturated heterocycles. The number of benzene rings is 2. The lowest BCUT2D eigenvalue weighted by molar-refractivity contribution is 0.0945. The lowest BCUT2D eigenvalue weighted by Crippen LogP contribution is -2.43. The van der Waals surface area contributed by atoms with Gasteiger partial charge in [0.05, 0.1) is 5.39 Å². The molecule has 4 rings (SSSR count). The van der Waals surface area contributed by atoms with Crippen LogP contribution in [-0.2, 0) is 19.6 Å². The molecule has 1 aliphatic rings. The van der Waals surface area contributed by atoms with Crippen LogP contribution >= 0.6 is 0 Å². The molecule has 0 unspecified atom stereocenters. The fraction of sp³-hybridized carbons (Fsp3) is 0.423. The summed E-state index contributed by atoms with van der Waals surface area (Å²) in [5.41, 5.74) is 2.44. The van der Waals surface area contributed by atoms with Gasteiger partial charge < -0.3 is 10.2 Å². The first-order valence-corrected chi connectivity index (χ1v) is 11.7. The summed E-state index contributed by atoms with van der Waals surface area (Å²) in [6, 6.07) is 15.6. The Labute approximate surface area is 195 Å². The lowest BCUT2D eigenvalue weighted by atomic mass is 10.1. The quantitative estimate of drug-likeness (QED) is 0.603. The van der Waals surface area contributed by atoms with Crippen molar-refractivity contribution in [1.29, 1.82) is 0 Å². The third kappa shape index (κ3) is 5.67. The molecule has 0 bridgehead atoms. The molecule has 1 fully saturated rings. The molecule has 7 nitrogen and oxygen atoms in total. The first kappa shape index (κ1) is 23.1. The number of hydrogen-bond acceptors (Lipinski definition) is 5. The predicted molar refractivity (Wildman–Crippen MR) is 131 cm³/mol. The van der Waals surface area contributed by atoms with Crippen LogP contribution in [0, 0.1) is 5.92 Å². The molecule has 1 aromatic heterocycles. The number of nitrogens with one attached hydrogen (secondary N) is 1. The van der Waals surface area contributed by atoms with Gasteiger partial charge in [-0.3, -0.25) is 14.5 Å². The zero-order chi connectivity index (χ0) is 23.4. The van der Waals surface area contributed by atoms with Gasteiger partial charge in [0, 0.05) is 51.2 Å². The van der Waals surface area contributed by atoms with Crippen LogP contribution in [0.4, 0.5) is 0 Å². The van der Waals surface area contributed by atoms with Crippen molar-refractivity contribution >= 4 is 16.7 Å². The van der Waals surface area contributed by atoms with Gasteiger partial charge in [-0.15, -0.1) is 0 Å². The summed E-state index contributed by atoms with van der Waals surface area (Å²) in [6.45, 7) is 10.3. The summed E-state index contributed by atoms with van der Waals surface area (Å²) in [7, 11) is 2.16. The van der Waals surface area contributed by atoms with Crippen molar-refractivity contribution in [3.05, 3.63) is 75.7 Å². The van der Waals surface area contributed by atoms with Crippen LogP contribution < -0.4 is 10.9 Å². The molecule has 174 valence electrons. The van der Waals surface area contributed by atoms with Crippen molar-refractivity contribution in [3.63, 3.8) is 0 Å². The second-order valence-corrected chi connectivity index (χ2v) is 9.35. The van der Waals surface area contributed by atoms with Crippen LogP contribution in [0.2, 0.25) is 0 Å². The molecule has 1 amide bonds. The van der Waals surface area contributed by atoms with E-state index in [2.05, 4.69) is 51.5 Å². The Balaban J connectivity index is 1.44. The van der Waals surface area contributed by atoms with Crippen molar-refractivity contribution in [2.75, 3.05) is 33.2 Å². The number of carbonyl (C=O) groups is 1. The van der Waals surface area contributed by atoms with Crippen LogP contribution in [0.5, 0.6) is 0 Å². The maximum Gasteiger partial charge on any atom is 0.274 e. The largest absolute Gasteiger partial charge is 0.347 e. The van der Waals surface area contributed by atoms with E-state index in [9.17, 15) is 9.59 Å². The molecule has 7 heteroatoms. The predicted octanol–water partition coefficient (Wildman–Crippen LogP) is 2.73. The van der Waals surface area contributed by atoms with Gasteiger partial charge in [0.25, 0.3) is 11.5 Å². The SMILES string of the molecule is CC(C)Cn1nc(C(=O)NCc2ccc(CN3CCN(C)CC3)cc2)c2ccccc2c1=O. The molecule has 1 aliphatic heterocycles. The maximum absolute atomic E-state index is 13.0. The topological polar surface area (TPSA) is 70.5 Å². The molecule has 2 heterocycles. The van der Waals surface area contributed by atoms with E-state index in [0.717, 1.165) is 38.3 Å². The van der Waals surface area contributed by atoms with Gasteiger partial charge in [-0.2, -0.15) is 5.10 Å². The number of hydrogen-bond donors (Lipinski definition) is 1. The Morgan fingerprint density at radius 1 is 0.970 bits per heavy atom. The highest BCUT2D eigenvalue weighted by Gasteiger charge is 2.17. The highest BCUT2D eigenvalue weighted by Crippen LogP contribution is 2.15. The van der Waals surface area contributed by atoms with Crippen LogP contribution in [0.25, 0.3) is 10.8 Å². The van der Waals surface area contributed by atoms with Gasteiger partial charge in [-0.25, -0.2) is 4.68 Å². The number of amides is 1. The third-order valence-electron chi connectivity index (χ3n) is 6.10. The molecule has 0 atom stereocenters. The molecule has 0 spiro atoms. The van der Waals surface area contributed by atoms with Crippen LogP contribution in [0.15, 0.2) is 53.3 Å². The Morgan fingerprint density at radius 3 is 2.27 bits per heavy atom. The van der Waals surface area contributed by atoms with E-state index >= 15 is 0 Å². The molecular weight excluding hydrogens is 414 g/mol. The summed E-state index contributed by atoms with van der Waals surface area (Å²) < 4.78 is 1.41. The van der Waals surface area contributed by atoms with Crippen molar-refractivity contribution < 1.29 is 4.79 Å². The Morgan fingerprint density at radius 2 is 1.61 bits per heavy atom. The summed E-state index contributed by atoms with van der Waals surface area (Å²) in [4.78, 5) is 30.6. The number of likely N-dealkylation sites (N-methyl/N-ethyl adjacent to an activating group) is 1. The Bertz CT molecular complexity index is 1160. The average molecular weight is 448 g/mol. The van der Waals surface area contributed by atoms with E-state index in [1.54, 1.807) is 12.1 Å². The minimum Gasteiger partial charge on any atom is -0.347 e. The molecule has 0 saturated carbocycles. The number of rotatable bonds is 7. The molecule has 0 aliphatic carbocycles. The van der Waals surface area contributed by atoms with E-state index in [0.29, 0.717) is 23.9 Å². The second kappa shape index (κ2) is 10.3. The second-order valence-electron chi connectivity index (χ2n) is 9.35. The van der Waals surface area contributed by atoms with Gasteiger partial charge >= 0.3 is 0 Å². The molecule has 3 aromatic rings. The number of piperazine rings is 1. The number of fused-ring (bicyclic) bond motifs is 1. The Hall–Kier alpha value is -3.03. The summed E-state index contributed by atoms with van der Waals surface area (Å²) in [6.07, 6.45) is 0. The first-order valence-electron chi connectivity index (χ1n) is 11.7. The minimum atomic E-state index is -0.273. The normalized spacial score (nSPS) is 15.3. The van der Waals surface area contributed by atoms with E-state index in [1.165, 1.54) is 10.2 Å². The van der Waals surface area contributed by atoms with Crippen LogP contribution in [0.1, 0.15) is 35.5 Å². The van der Waals surface area contributed by atoms with Crippen molar-refractivity contribution in [1.82, 2.24) is 24.9 Å². The number of nitrogens with zero attached hydrogens (tertiary/aromatic N) is 4. The summed E-state index contributed by atoms with van der Waals surface area (Å²) >= 11 is 0. The van der Waals surface area contributed by atoms with E-state index < -0.39 is 0 Å². The zero-order valence-electron chi connectivity index (χ0n) is 19.8. The van der Waals surface area contributed by atoms with Gasteiger partial charge in [-0.05, 0) is 30.2 Å². The Kier molecular flexibility index (Phi) is 7.20. The average Bonchev–Trinajstić information content (AvgIpc) is 2.81. The maximum atomic E-state index is 13.0. The van der Waals surface area contributed by atoms with Crippen LogP contribution in [0.3, 0.4) is 0 Å². The highest BCUT2D eigenvalue weighted by molar-refractivity contribution is 6.04. The smallest absolute Gasteiger partial charge is 0.274 e. The fourth-order valence-corrected chi connectivity index (χ4v) is 4.17. The molecule has 0 radical (unpaired) electrons. The van der Waals surface area contributed by atoms with Crippen molar-refractivity contribution in [2.24, 2.45) is 5.92 Å². The van der Waals surface area contributed by atoms with E-state index in [-0.39, 0.29) is 23.1 Å². The number of aromatic nitrogens is 2. The summed E-state index contributed by atoms with van der Waals surface area (Å²) in [5.74, 6) is -0.0261. The van der Waals surface area contributed by atoms with E-state index in [1.807, 2.05) is 26.0 Å². The first-order chi connectivity index (χ1) is 15.9. The molecule has 33 heavy (non-hydrogen) atoms. The third-order valence-corrected chi connectivity index (χ3v) is 6.10. The van der Waals surface area contributed by atoms with E-state index in [4.69, 9.17) is 0 Å². The molecule has 1 N–H and O–H groups in total. The van der Waals surface area contributed by atoms with Crippen molar-refractivity contribution in [2.45, 2.75) is 33.5 Å². The lowest BCUT2D eigenvalue weighted by Gasteiger charge is -2.32. The van der Waals surface area contributed by atoms with Gasteiger partial charge in [0.1, 0.15) is 0 Å². The zero-order valence-corrected chi connectivity index (χ0v) is 19.8. The molecule has 2 aromatic carbocycles.